The first-order valence-corrected chi connectivity index (χ1v) is 11.1. The van der Waals surface area contributed by atoms with E-state index >= 15 is 0 Å². The van der Waals surface area contributed by atoms with Crippen molar-refractivity contribution in [3.63, 3.8) is 0 Å². The molecule has 1 aliphatic rings. The zero-order chi connectivity index (χ0) is 22.7. The fraction of sp³-hybridized carbons (Fsp3) is 0.286. The summed E-state index contributed by atoms with van der Waals surface area (Å²) in [6.45, 7) is 2.11. The first-order chi connectivity index (χ1) is 15.9. The highest BCUT2D eigenvalue weighted by Crippen LogP contribution is 2.35. The lowest BCUT2D eigenvalue weighted by molar-refractivity contribution is -0.660. The van der Waals surface area contributed by atoms with Gasteiger partial charge in [-0.1, -0.05) is 43.9 Å². The summed E-state index contributed by atoms with van der Waals surface area (Å²) in [6, 6.07) is 18.5. The average Bonchev–Trinajstić information content (AvgIpc) is 3.46. The lowest BCUT2D eigenvalue weighted by Crippen LogP contribution is -2.30. The van der Waals surface area contributed by atoms with Crippen LogP contribution in [-0.4, -0.2) is 4.98 Å². The van der Waals surface area contributed by atoms with Gasteiger partial charge < -0.3 is 4.42 Å². The summed E-state index contributed by atoms with van der Waals surface area (Å²) in [6.07, 6.45) is 4.85. The van der Waals surface area contributed by atoms with Crippen LogP contribution in [0.1, 0.15) is 39.6 Å². The van der Waals surface area contributed by atoms with E-state index in [0.29, 0.717) is 5.71 Å². The summed E-state index contributed by atoms with van der Waals surface area (Å²) >= 11 is 0. The van der Waals surface area contributed by atoms with Crippen molar-refractivity contribution in [3.05, 3.63) is 71.9 Å². The van der Waals surface area contributed by atoms with Crippen molar-refractivity contribution in [1.82, 2.24) is 4.98 Å². The Morgan fingerprint density at radius 3 is 2.77 bits per heavy atom. The van der Waals surface area contributed by atoms with Crippen molar-refractivity contribution < 1.29 is 11.7 Å². The fourth-order valence-electron chi connectivity index (χ4n) is 4.97. The van der Waals surface area contributed by atoms with E-state index in [2.05, 4.69) is 35.8 Å². The highest BCUT2D eigenvalue weighted by Gasteiger charge is 2.20. The zero-order valence-corrected chi connectivity index (χ0v) is 18.0. The molecule has 5 aromatic rings. The molecule has 0 aliphatic heterocycles. The second kappa shape index (κ2) is 7.19. The average molecular weight is 410 g/mol. The van der Waals surface area contributed by atoms with Gasteiger partial charge in [-0.05, 0) is 54.6 Å². The quantitative estimate of drug-likeness (QED) is 0.312. The lowest BCUT2D eigenvalue weighted by atomic mass is 9.96. The Kier molecular flexibility index (Phi) is 3.83. The topological polar surface area (TPSA) is 29.9 Å². The van der Waals surface area contributed by atoms with Crippen LogP contribution >= 0.6 is 0 Å². The minimum absolute atomic E-state index is 0.0946. The molecular weight excluding hydrogens is 380 g/mol. The molecule has 0 amide bonds. The second-order valence-corrected chi connectivity index (χ2v) is 8.84. The number of pyridine rings is 2. The second-order valence-electron chi connectivity index (χ2n) is 8.84. The van der Waals surface area contributed by atoms with E-state index in [9.17, 15) is 0 Å². The number of aromatic nitrogens is 2. The Bertz CT molecular complexity index is 1530. The van der Waals surface area contributed by atoms with Crippen LogP contribution in [0.15, 0.2) is 65.2 Å². The van der Waals surface area contributed by atoms with Crippen molar-refractivity contribution in [1.29, 1.82) is 0 Å². The Balaban J connectivity index is 1.51. The van der Waals surface area contributed by atoms with Gasteiger partial charge in [0.2, 0.25) is 11.4 Å². The van der Waals surface area contributed by atoms with Crippen LogP contribution in [0.25, 0.3) is 44.2 Å². The van der Waals surface area contributed by atoms with Gasteiger partial charge in [0, 0.05) is 31.0 Å². The molecule has 0 saturated heterocycles. The van der Waals surface area contributed by atoms with Crippen LogP contribution in [0.5, 0.6) is 0 Å². The van der Waals surface area contributed by atoms with E-state index in [0.717, 1.165) is 75.3 Å². The van der Waals surface area contributed by atoms with Gasteiger partial charge >= 0.3 is 0 Å². The summed E-state index contributed by atoms with van der Waals surface area (Å²) in [5.74, 6) is 0.0946. The standard InChI is InChI=1S/C28H27N2O/c1-18-13-23-24-16-21-9-5-6-10-25(21)29-28(24)31-27(23)17-22(18)26-15-20(11-12-30(26)2)14-19-7-3-4-8-19/h5-6,9-13,15-17,19H,3-4,7-8,14H2,1-2H3/q+1/i14D2. The summed E-state index contributed by atoms with van der Waals surface area (Å²) in [5, 5.41) is 3.18. The monoisotopic (exact) mass is 409 g/mol. The van der Waals surface area contributed by atoms with Gasteiger partial charge in [0.25, 0.3) is 0 Å². The van der Waals surface area contributed by atoms with Crippen LogP contribution in [0.4, 0.5) is 0 Å². The van der Waals surface area contributed by atoms with Gasteiger partial charge in [0.15, 0.2) is 6.20 Å². The van der Waals surface area contributed by atoms with Crippen LogP contribution in [0.3, 0.4) is 0 Å². The molecule has 0 radical (unpaired) electrons. The van der Waals surface area contributed by atoms with Gasteiger partial charge in [-0.2, -0.15) is 0 Å². The predicted octanol–water partition coefficient (Wildman–Crippen LogP) is 6.67. The van der Waals surface area contributed by atoms with Gasteiger partial charge in [-0.15, -0.1) is 0 Å². The maximum atomic E-state index is 8.85. The number of hydrogen-bond donors (Lipinski definition) is 0. The first kappa shape index (κ1) is 16.5. The Morgan fingerprint density at radius 1 is 1.06 bits per heavy atom. The normalized spacial score (nSPS) is 16.3. The van der Waals surface area contributed by atoms with Crippen LogP contribution in [-0.2, 0) is 13.4 Å². The molecule has 0 spiro atoms. The smallest absolute Gasteiger partial charge is 0.227 e. The maximum absolute atomic E-state index is 8.85. The Labute approximate surface area is 185 Å². The maximum Gasteiger partial charge on any atom is 0.227 e. The van der Waals surface area contributed by atoms with Gasteiger partial charge in [-0.3, -0.25) is 0 Å². The molecule has 2 aromatic carbocycles. The van der Waals surface area contributed by atoms with Crippen molar-refractivity contribution in [2.75, 3.05) is 0 Å². The fourth-order valence-corrected chi connectivity index (χ4v) is 4.97. The molecule has 3 nitrogen and oxygen atoms in total. The van der Waals surface area contributed by atoms with E-state index < -0.39 is 6.37 Å². The van der Waals surface area contributed by atoms with Gasteiger partial charge in [0.1, 0.15) is 12.6 Å². The number of nitrogens with zero attached hydrogens (tertiary/aromatic N) is 2. The summed E-state index contributed by atoms with van der Waals surface area (Å²) < 4.78 is 26.0. The van der Waals surface area contributed by atoms with E-state index in [4.69, 9.17) is 12.1 Å². The van der Waals surface area contributed by atoms with Crippen LogP contribution < -0.4 is 4.57 Å². The minimum Gasteiger partial charge on any atom is -0.438 e. The van der Waals surface area contributed by atoms with E-state index in [1.54, 1.807) is 0 Å². The number of fused-ring (bicyclic) bond motifs is 4. The molecule has 1 saturated carbocycles. The molecule has 0 N–H and O–H groups in total. The molecule has 3 aromatic heterocycles. The highest BCUT2D eigenvalue weighted by molar-refractivity contribution is 6.08. The molecule has 3 heteroatoms. The van der Waals surface area contributed by atoms with Gasteiger partial charge in [0.05, 0.1) is 11.1 Å². The van der Waals surface area contributed by atoms with E-state index in [1.165, 1.54) is 0 Å². The minimum atomic E-state index is -1.32. The molecule has 3 heterocycles. The molecule has 6 rings (SSSR count). The number of benzene rings is 2. The predicted molar refractivity (Wildman–Crippen MR) is 126 cm³/mol. The van der Waals surface area contributed by atoms with Crippen LogP contribution in [0.2, 0.25) is 0 Å². The zero-order valence-electron chi connectivity index (χ0n) is 20.0. The largest absolute Gasteiger partial charge is 0.438 e. The molecule has 1 aliphatic carbocycles. The number of hydrogen-bond acceptors (Lipinski definition) is 2. The molecule has 154 valence electrons. The van der Waals surface area contributed by atoms with Crippen molar-refractivity contribution >= 4 is 33.0 Å². The summed E-state index contributed by atoms with van der Waals surface area (Å²) in [4.78, 5) is 4.73. The van der Waals surface area contributed by atoms with Crippen LogP contribution in [0, 0.1) is 12.8 Å². The third-order valence-corrected chi connectivity index (χ3v) is 6.66. The van der Waals surface area contributed by atoms with Gasteiger partial charge in [-0.25, -0.2) is 9.55 Å². The Morgan fingerprint density at radius 2 is 1.90 bits per heavy atom. The summed E-state index contributed by atoms with van der Waals surface area (Å²) in [5.41, 5.74) is 6.32. The number of rotatable bonds is 3. The molecule has 0 bridgehead atoms. The summed E-state index contributed by atoms with van der Waals surface area (Å²) in [7, 11) is 2.01. The SMILES string of the molecule is [2H]C([2H])(c1cc[n+](C)c(-c2cc3oc4nc5ccccc5cc4c3cc2C)c1)C1CCCC1. The number of aryl methyl sites for hydroxylation is 2. The highest BCUT2D eigenvalue weighted by atomic mass is 16.3. The van der Waals surface area contributed by atoms with Crippen molar-refractivity contribution in [3.8, 4) is 11.3 Å². The van der Waals surface area contributed by atoms with Crippen molar-refractivity contribution in [2.45, 2.75) is 39.0 Å². The molecule has 0 atom stereocenters. The first-order valence-electron chi connectivity index (χ1n) is 12.1. The van der Waals surface area contributed by atoms with Crippen molar-refractivity contribution in [2.24, 2.45) is 13.0 Å². The molecule has 31 heavy (non-hydrogen) atoms. The molecule has 1 fully saturated rings. The molecular formula is C28H27N2O+. The third-order valence-electron chi connectivity index (χ3n) is 6.66. The third kappa shape index (κ3) is 3.20. The molecule has 0 unspecified atom stereocenters. The van der Waals surface area contributed by atoms with E-state index in [-0.39, 0.29) is 5.92 Å². The number of para-hydroxylation sites is 1. The number of furan rings is 1. The van der Waals surface area contributed by atoms with E-state index in [1.807, 2.05) is 43.6 Å². The Hall–Kier alpha value is -3.20. The lowest BCUT2D eigenvalue weighted by Gasteiger charge is -2.10.